The van der Waals surface area contributed by atoms with Crippen molar-refractivity contribution in [1.29, 1.82) is 0 Å². The van der Waals surface area contributed by atoms with Gasteiger partial charge in [0.25, 0.3) is 11.5 Å². The van der Waals surface area contributed by atoms with Gasteiger partial charge in [0.05, 0.1) is 17.4 Å². The Balaban J connectivity index is 2.11. The number of carbonyl (C=O) groups is 1. The number of amides is 1. The minimum atomic E-state index is -4.97. The second kappa shape index (κ2) is 9.09. The molecule has 168 valence electrons. The lowest BCUT2D eigenvalue weighted by molar-refractivity contribution is -0.209. The molecule has 0 aliphatic carbocycles. The topological polar surface area (TPSA) is 84.2 Å². The maximum Gasteiger partial charge on any atom is 0.416 e. The van der Waals surface area contributed by atoms with Crippen LogP contribution in [0.15, 0.2) is 59.4 Å². The zero-order valence-electron chi connectivity index (χ0n) is 16.4. The van der Waals surface area contributed by atoms with Gasteiger partial charge in [-0.3, -0.25) is 9.59 Å². The van der Waals surface area contributed by atoms with Crippen LogP contribution in [0, 0.1) is 5.82 Å². The molecule has 2 aromatic carbocycles. The third kappa shape index (κ3) is 5.14. The van der Waals surface area contributed by atoms with E-state index in [4.69, 9.17) is 11.6 Å². The van der Waals surface area contributed by atoms with Crippen LogP contribution in [-0.2, 0) is 0 Å². The largest absolute Gasteiger partial charge is 0.416 e. The van der Waals surface area contributed by atoms with Crippen molar-refractivity contribution >= 4 is 17.5 Å². The summed E-state index contributed by atoms with van der Waals surface area (Å²) in [5.41, 5.74) is -0.977. The van der Waals surface area contributed by atoms with Gasteiger partial charge in [-0.1, -0.05) is 29.8 Å². The Kier molecular flexibility index (Phi) is 6.65. The smallest absolute Gasteiger partial charge is 0.382 e. The van der Waals surface area contributed by atoms with E-state index in [0.29, 0.717) is 10.6 Å². The molecule has 0 aliphatic heterocycles. The monoisotopic (exact) mass is 469 g/mol. The number of rotatable bonds is 5. The number of halogens is 5. The van der Waals surface area contributed by atoms with E-state index >= 15 is 0 Å². The standard InChI is InChI=1S/C21H16ClF4N3O3/c1-11(18(30)21(24,25)26)27-19(31)16-10-17(12-5-7-13(22)8-6-12)28-29(20(16)32)15-4-2-3-14(23)9-15/h2-11,18,30H,1H3,(H,27,31). The van der Waals surface area contributed by atoms with E-state index in [1.165, 1.54) is 24.3 Å². The highest BCUT2D eigenvalue weighted by molar-refractivity contribution is 6.30. The summed E-state index contributed by atoms with van der Waals surface area (Å²) >= 11 is 5.88. The molecular weight excluding hydrogens is 454 g/mol. The first-order valence-corrected chi connectivity index (χ1v) is 9.57. The highest BCUT2D eigenvalue weighted by atomic mass is 35.5. The second-order valence-electron chi connectivity index (χ2n) is 6.90. The van der Waals surface area contributed by atoms with Crippen LogP contribution in [-0.4, -0.2) is 39.1 Å². The van der Waals surface area contributed by atoms with Gasteiger partial charge in [-0.05, 0) is 43.3 Å². The Labute approximate surface area is 184 Å². The number of aliphatic hydroxyl groups excluding tert-OH is 1. The Hall–Kier alpha value is -3.24. The van der Waals surface area contributed by atoms with E-state index < -0.39 is 41.2 Å². The van der Waals surface area contributed by atoms with Gasteiger partial charge in [-0.25, -0.2) is 4.39 Å². The number of aromatic nitrogens is 2. The quantitative estimate of drug-likeness (QED) is 0.558. The van der Waals surface area contributed by atoms with Gasteiger partial charge >= 0.3 is 6.18 Å². The fourth-order valence-corrected chi connectivity index (χ4v) is 2.97. The fourth-order valence-electron chi connectivity index (χ4n) is 2.85. The molecule has 0 fully saturated rings. The van der Waals surface area contributed by atoms with Crippen LogP contribution in [0.5, 0.6) is 0 Å². The minimum Gasteiger partial charge on any atom is -0.382 e. The van der Waals surface area contributed by atoms with Gasteiger partial charge in [-0.2, -0.15) is 23.0 Å². The van der Waals surface area contributed by atoms with Gasteiger partial charge in [-0.15, -0.1) is 0 Å². The number of benzene rings is 2. The predicted octanol–water partition coefficient (Wildman–Crippen LogP) is 3.73. The lowest BCUT2D eigenvalue weighted by Crippen LogP contribution is -2.49. The molecule has 1 aromatic heterocycles. The van der Waals surface area contributed by atoms with Crippen molar-refractivity contribution in [3.8, 4) is 16.9 Å². The third-order valence-corrected chi connectivity index (χ3v) is 4.77. The fraction of sp³-hybridized carbons (Fsp3) is 0.190. The third-order valence-electron chi connectivity index (χ3n) is 4.52. The first kappa shape index (κ1) is 23.4. The maximum absolute atomic E-state index is 13.7. The zero-order chi connectivity index (χ0) is 23.6. The summed E-state index contributed by atoms with van der Waals surface area (Å²) in [4.78, 5) is 25.6. The van der Waals surface area contributed by atoms with Crippen LogP contribution < -0.4 is 10.9 Å². The van der Waals surface area contributed by atoms with Gasteiger partial charge in [0.15, 0.2) is 6.10 Å². The molecule has 0 saturated heterocycles. The number of aliphatic hydroxyl groups is 1. The summed E-state index contributed by atoms with van der Waals surface area (Å²) in [7, 11) is 0. The van der Waals surface area contributed by atoms with Gasteiger partial charge in [0, 0.05) is 10.6 Å². The number of alkyl halides is 3. The summed E-state index contributed by atoms with van der Waals surface area (Å²) in [6.45, 7) is 0.947. The van der Waals surface area contributed by atoms with Crippen molar-refractivity contribution in [2.75, 3.05) is 0 Å². The molecule has 0 radical (unpaired) electrons. The first-order valence-electron chi connectivity index (χ1n) is 9.19. The normalized spacial score (nSPS) is 13.5. The van der Waals surface area contributed by atoms with Crippen molar-refractivity contribution < 1.29 is 27.5 Å². The number of nitrogens with one attached hydrogen (secondary N) is 1. The molecule has 2 unspecified atom stereocenters. The molecule has 3 rings (SSSR count). The summed E-state index contributed by atoms with van der Waals surface area (Å²) in [5.74, 6) is -1.82. The SMILES string of the molecule is CC(NC(=O)c1cc(-c2ccc(Cl)cc2)nn(-c2cccc(F)c2)c1=O)C(O)C(F)(F)F. The molecule has 3 aromatic rings. The van der Waals surface area contributed by atoms with Crippen LogP contribution in [0.1, 0.15) is 17.3 Å². The van der Waals surface area contributed by atoms with E-state index in [1.807, 2.05) is 5.32 Å². The molecule has 0 spiro atoms. The Morgan fingerprint density at radius 1 is 1.16 bits per heavy atom. The van der Waals surface area contributed by atoms with Gasteiger partial charge in [0.1, 0.15) is 11.4 Å². The maximum atomic E-state index is 13.7. The molecule has 2 N–H and O–H groups in total. The summed E-state index contributed by atoms with van der Waals surface area (Å²) in [6.07, 6.45) is -7.81. The molecule has 2 atom stereocenters. The van der Waals surface area contributed by atoms with Crippen LogP contribution >= 0.6 is 11.6 Å². The van der Waals surface area contributed by atoms with E-state index in [1.54, 1.807) is 12.1 Å². The van der Waals surface area contributed by atoms with Crippen LogP contribution in [0.4, 0.5) is 17.6 Å². The van der Waals surface area contributed by atoms with E-state index in [0.717, 1.165) is 29.8 Å². The molecule has 0 aliphatic rings. The molecule has 32 heavy (non-hydrogen) atoms. The molecule has 0 saturated carbocycles. The van der Waals surface area contributed by atoms with Crippen molar-refractivity contribution in [2.45, 2.75) is 25.2 Å². The van der Waals surface area contributed by atoms with Gasteiger partial charge in [0.2, 0.25) is 0 Å². The highest BCUT2D eigenvalue weighted by Crippen LogP contribution is 2.23. The van der Waals surface area contributed by atoms with E-state index in [2.05, 4.69) is 5.10 Å². The zero-order valence-corrected chi connectivity index (χ0v) is 17.2. The molecular formula is C21H16ClF4N3O3. The van der Waals surface area contributed by atoms with E-state index in [9.17, 15) is 32.3 Å². The van der Waals surface area contributed by atoms with Crippen LogP contribution in [0.3, 0.4) is 0 Å². The predicted molar refractivity (Wildman–Crippen MR) is 109 cm³/mol. The summed E-state index contributed by atoms with van der Waals surface area (Å²) in [5, 5.41) is 15.9. The summed E-state index contributed by atoms with van der Waals surface area (Å²) in [6, 6.07) is 10.4. The Morgan fingerprint density at radius 2 is 1.81 bits per heavy atom. The molecule has 11 heteroatoms. The second-order valence-corrected chi connectivity index (χ2v) is 7.33. The Bertz CT molecular complexity index is 1200. The molecule has 0 bridgehead atoms. The van der Waals surface area contributed by atoms with Crippen molar-refractivity contribution in [1.82, 2.24) is 15.1 Å². The highest BCUT2D eigenvalue weighted by Gasteiger charge is 2.42. The number of hydrogen-bond acceptors (Lipinski definition) is 4. The van der Waals surface area contributed by atoms with Crippen molar-refractivity contribution in [3.05, 3.63) is 81.4 Å². The average molecular weight is 470 g/mol. The Morgan fingerprint density at radius 3 is 2.41 bits per heavy atom. The molecule has 6 nitrogen and oxygen atoms in total. The summed E-state index contributed by atoms with van der Waals surface area (Å²) < 4.78 is 52.7. The average Bonchev–Trinajstić information content (AvgIpc) is 2.73. The molecule has 1 amide bonds. The van der Waals surface area contributed by atoms with E-state index in [-0.39, 0.29) is 11.4 Å². The first-order chi connectivity index (χ1) is 15.0. The van der Waals surface area contributed by atoms with Crippen LogP contribution in [0.2, 0.25) is 5.02 Å². The lowest BCUT2D eigenvalue weighted by Gasteiger charge is -2.22. The van der Waals surface area contributed by atoms with Gasteiger partial charge < -0.3 is 10.4 Å². The number of hydrogen-bond donors (Lipinski definition) is 2. The van der Waals surface area contributed by atoms with Crippen molar-refractivity contribution in [3.63, 3.8) is 0 Å². The minimum absolute atomic E-state index is 0.00300. The molecule has 1 heterocycles. The lowest BCUT2D eigenvalue weighted by atomic mass is 10.1. The van der Waals surface area contributed by atoms with Crippen LogP contribution in [0.25, 0.3) is 16.9 Å². The number of nitrogens with zero attached hydrogens (tertiary/aromatic N) is 2. The van der Waals surface area contributed by atoms with Crippen molar-refractivity contribution in [2.24, 2.45) is 0 Å². The number of carbonyl (C=O) groups excluding carboxylic acids is 1.